The zero-order valence-electron chi connectivity index (χ0n) is 15.7. The molecule has 0 fully saturated rings. The van der Waals surface area contributed by atoms with Crippen LogP contribution < -0.4 is 10.2 Å². The Bertz CT molecular complexity index is 1160. The Kier molecular flexibility index (Phi) is 6.60. The lowest BCUT2D eigenvalue weighted by Gasteiger charge is -2.21. The molecule has 9 nitrogen and oxygen atoms in total. The third-order valence-corrected chi connectivity index (χ3v) is 4.84. The molecule has 11 heteroatoms. The van der Waals surface area contributed by atoms with Crippen molar-refractivity contribution in [1.29, 1.82) is 0 Å². The standard InChI is InChI=1S/C19H18ClN2O7P/c1-28-18(22-11-14(20)10-21-19(22)24)15-5-3-2-4-13(15)8-12-6-7-17(16(23)9-12)29-30(25,26)27/h2-7,9-11,18,23H,8H2,1H3,(H2,25,26,27). The summed E-state index contributed by atoms with van der Waals surface area (Å²) in [6.07, 6.45) is 2.23. The van der Waals surface area contributed by atoms with Crippen LogP contribution in [-0.4, -0.2) is 31.6 Å². The predicted molar refractivity (Wildman–Crippen MR) is 109 cm³/mol. The highest BCUT2D eigenvalue weighted by atomic mass is 35.5. The van der Waals surface area contributed by atoms with Gasteiger partial charge >= 0.3 is 13.5 Å². The molecule has 0 radical (unpaired) electrons. The summed E-state index contributed by atoms with van der Waals surface area (Å²) in [6, 6.07) is 11.4. The number of methoxy groups -OCH3 is 1. The molecule has 3 N–H and O–H groups in total. The number of phosphoric ester groups is 1. The van der Waals surface area contributed by atoms with Crippen molar-refractivity contribution < 1.29 is 28.7 Å². The Morgan fingerprint density at radius 2 is 1.97 bits per heavy atom. The fraction of sp³-hybridized carbons (Fsp3) is 0.158. The topological polar surface area (TPSA) is 131 Å². The molecule has 3 aromatic rings. The van der Waals surface area contributed by atoms with E-state index >= 15 is 0 Å². The van der Waals surface area contributed by atoms with Gasteiger partial charge in [0.1, 0.15) is 0 Å². The maximum Gasteiger partial charge on any atom is 0.524 e. The predicted octanol–water partition coefficient (Wildman–Crippen LogP) is 2.86. The van der Waals surface area contributed by atoms with Gasteiger partial charge in [-0.15, -0.1) is 0 Å². The molecule has 0 spiro atoms. The van der Waals surface area contributed by atoms with E-state index in [-0.39, 0.29) is 10.8 Å². The lowest BCUT2D eigenvalue weighted by Crippen LogP contribution is -2.28. The van der Waals surface area contributed by atoms with Gasteiger partial charge in [0.05, 0.1) is 11.2 Å². The first-order chi connectivity index (χ1) is 14.2. The fourth-order valence-electron chi connectivity index (χ4n) is 3.00. The van der Waals surface area contributed by atoms with Gasteiger partial charge in [0, 0.05) is 18.9 Å². The number of phenolic OH excluding ortho intramolecular Hbond substituents is 1. The Balaban J connectivity index is 1.96. The summed E-state index contributed by atoms with van der Waals surface area (Å²) in [5, 5.41) is 10.3. The quantitative estimate of drug-likeness (QED) is 0.466. The number of nitrogens with zero attached hydrogens (tertiary/aromatic N) is 2. The van der Waals surface area contributed by atoms with Crippen LogP contribution in [0, 0.1) is 0 Å². The Labute approximate surface area is 176 Å². The van der Waals surface area contributed by atoms with Crippen LogP contribution in [0.3, 0.4) is 0 Å². The second kappa shape index (κ2) is 8.99. The van der Waals surface area contributed by atoms with E-state index in [1.54, 1.807) is 18.2 Å². The summed E-state index contributed by atoms with van der Waals surface area (Å²) in [4.78, 5) is 33.7. The molecule has 30 heavy (non-hydrogen) atoms. The van der Waals surface area contributed by atoms with E-state index < -0.39 is 25.5 Å². The van der Waals surface area contributed by atoms with Crippen molar-refractivity contribution in [1.82, 2.24) is 9.55 Å². The van der Waals surface area contributed by atoms with Crippen molar-refractivity contribution in [2.24, 2.45) is 0 Å². The van der Waals surface area contributed by atoms with Crippen LogP contribution in [-0.2, 0) is 15.7 Å². The van der Waals surface area contributed by atoms with E-state index in [1.807, 2.05) is 12.1 Å². The molecule has 0 saturated heterocycles. The van der Waals surface area contributed by atoms with Crippen molar-refractivity contribution in [2.45, 2.75) is 12.6 Å². The summed E-state index contributed by atoms with van der Waals surface area (Å²) in [5.74, 6) is -0.737. The van der Waals surface area contributed by atoms with Gasteiger partial charge in [-0.1, -0.05) is 41.9 Å². The van der Waals surface area contributed by atoms with E-state index in [0.29, 0.717) is 17.5 Å². The number of ether oxygens (including phenoxy) is 1. The van der Waals surface area contributed by atoms with Crippen LogP contribution in [0.4, 0.5) is 0 Å². The molecule has 1 aromatic heterocycles. The van der Waals surface area contributed by atoms with E-state index in [1.165, 1.54) is 36.2 Å². The molecule has 3 rings (SSSR count). The van der Waals surface area contributed by atoms with Gasteiger partial charge in [-0.05, 0) is 29.7 Å². The van der Waals surface area contributed by atoms with Gasteiger partial charge in [0.2, 0.25) is 0 Å². The first-order valence-corrected chi connectivity index (χ1v) is 10.5. The number of phosphoric acid groups is 1. The number of aromatic hydroxyl groups is 1. The van der Waals surface area contributed by atoms with E-state index in [4.69, 9.17) is 26.1 Å². The molecule has 0 amide bonds. The lowest BCUT2D eigenvalue weighted by atomic mass is 9.98. The molecule has 0 bridgehead atoms. The molecule has 1 heterocycles. The molecular weight excluding hydrogens is 435 g/mol. The minimum atomic E-state index is -4.79. The van der Waals surface area contributed by atoms with Gasteiger partial charge in [0.25, 0.3) is 0 Å². The minimum Gasteiger partial charge on any atom is -0.504 e. The van der Waals surface area contributed by atoms with Crippen molar-refractivity contribution in [2.75, 3.05) is 7.11 Å². The number of rotatable bonds is 7. The number of hydrogen-bond acceptors (Lipinski definition) is 6. The number of benzene rings is 2. The monoisotopic (exact) mass is 452 g/mol. The van der Waals surface area contributed by atoms with Crippen LogP contribution in [0.5, 0.6) is 11.5 Å². The summed E-state index contributed by atoms with van der Waals surface area (Å²) in [6.45, 7) is 0. The SMILES string of the molecule is COC(c1ccccc1Cc1ccc(OP(=O)(O)O)c(O)c1)n1cc(Cl)cnc1=O. The molecule has 0 saturated carbocycles. The largest absolute Gasteiger partial charge is 0.524 e. The average Bonchev–Trinajstić information content (AvgIpc) is 2.67. The number of hydrogen-bond donors (Lipinski definition) is 3. The summed E-state index contributed by atoms with van der Waals surface area (Å²) < 4.78 is 22.2. The van der Waals surface area contributed by atoms with Crippen LogP contribution >= 0.6 is 19.4 Å². The smallest absolute Gasteiger partial charge is 0.504 e. The average molecular weight is 453 g/mol. The molecule has 0 aliphatic rings. The van der Waals surface area contributed by atoms with E-state index in [0.717, 1.165) is 5.56 Å². The van der Waals surface area contributed by atoms with Crippen LogP contribution in [0.1, 0.15) is 22.9 Å². The Hall–Kier alpha value is -2.68. The maximum atomic E-state index is 12.2. The Morgan fingerprint density at radius 3 is 2.63 bits per heavy atom. The molecule has 2 aromatic carbocycles. The highest BCUT2D eigenvalue weighted by Gasteiger charge is 2.20. The third kappa shape index (κ3) is 5.27. The van der Waals surface area contributed by atoms with Gasteiger partial charge < -0.3 is 14.4 Å². The van der Waals surface area contributed by atoms with Crippen LogP contribution in [0.15, 0.2) is 59.7 Å². The van der Waals surface area contributed by atoms with Crippen LogP contribution in [0.2, 0.25) is 5.02 Å². The second-order valence-electron chi connectivity index (χ2n) is 6.31. The van der Waals surface area contributed by atoms with E-state index in [9.17, 15) is 14.5 Å². The maximum absolute atomic E-state index is 12.2. The molecule has 0 aliphatic carbocycles. The second-order valence-corrected chi connectivity index (χ2v) is 7.91. The highest BCUT2D eigenvalue weighted by Crippen LogP contribution is 2.42. The van der Waals surface area contributed by atoms with Gasteiger partial charge in [-0.3, -0.25) is 14.4 Å². The minimum absolute atomic E-state index is 0.277. The number of aromatic nitrogens is 2. The van der Waals surface area contributed by atoms with Crippen molar-refractivity contribution in [3.05, 3.63) is 87.1 Å². The first-order valence-electron chi connectivity index (χ1n) is 8.59. The Morgan fingerprint density at radius 1 is 1.23 bits per heavy atom. The highest BCUT2D eigenvalue weighted by molar-refractivity contribution is 7.46. The molecule has 158 valence electrons. The van der Waals surface area contributed by atoms with Gasteiger partial charge in [0.15, 0.2) is 17.7 Å². The third-order valence-electron chi connectivity index (χ3n) is 4.21. The zero-order chi connectivity index (χ0) is 21.9. The molecular formula is C19H18ClN2O7P. The van der Waals surface area contributed by atoms with Crippen LogP contribution in [0.25, 0.3) is 0 Å². The summed E-state index contributed by atoms with van der Waals surface area (Å²) in [7, 11) is -3.34. The summed E-state index contributed by atoms with van der Waals surface area (Å²) in [5.41, 5.74) is 1.59. The number of halogens is 1. The fourth-order valence-corrected chi connectivity index (χ4v) is 3.56. The molecule has 1 unspecified atom stereocenters. The lowest BCUT2D eigenvalue weighted by molar-refractivity contribution is 0.0737. The first kappa shape index (κ1) is 22.0. The van der Waals surface area contributed by atoms with Gasteiger partial charge in [-0.25, -0.2) is 9.36 Å². The zero-order valence-corrected chi connectivity index (χ0v) is 17.3. The molecule has 1 atom stereocenters. The number of phenols is 1. The normalized spacial score (nSPS) is 12.5. The van der Waals surface area contributed by atoms with Crippen molar-refractivity contribution >= 4 is 19.4 Å². The van der Waals surface area contributed by atoms with E-state index in [2.05, 4.69) is 9.51 Å². The van der Waals surface area contributed by atoms with Crippen molar-refractivity contribution in [3.63, 3.8) is 0 Å². The van der Waals surface area contributed by atoms with Crippen molar-refractivity contribution in [3.8, 4) is 11.5 Å². The molecule has 0 aliphatic heterocycles. The van der Waals surface area contributed by atoms with Gasteiger partial charge in [-0.2, -0.15) is 4.98 Å². The summed E-state index contributed by atoms with van der Waals surface area (Å²) >= 11 is 5.98.